The Morgan fingerprint density at radius 3 is 1.50 bits per heavy atom. The molecule has 8 nitrogen and oxygen atoms in total. The molecular formula is C34H64N2O6. The van der Waals surface area contributed by atoms with E-state index in [0.29, 0.717) is 37.0 Å². The van der Waals surface area contributed by atoms with Gasteiger partial charge in [-0.1, -0.05) is 48.0 Å². The summed E-state index contributed by atoms with van der Waals surface area (Å²) >= 11 is 0. The molecule has 2 aliphatic heterocycles. The molecule has 0 amide bonds. The van der Waals surface area contributed by atoms with Crippen molar-refractivity contribution in [1.29, 1.82) is 0 Å². The van der Waals surface area contributed by atoms with Crippen molar-refractivity contribution in [2.24, 2.45) is 17.8 Å². The number of ether oxygens (including phenoxy) is 2. The van der Waals surface area contributed by atoms with Crippen LogP contribution < -0.4 is 0 Å². The number of hydrogen-bond acceptors (Lipinski definition) is 8. The Labute approximate surface area is 257 Å². The maximum Gasteiger partial charge on any atom is 0.306 e. The molecule has 0 aliphatic carbocycles. The second-order valence-corrected chi connectivity index (χ2v) is 14.9. The maximum absolute atomic E-state index is 12.8. The van der Waals surface area contributed by atoms with Gasteiger partial charge in [0.15, 0.2) is 0 Å². The van der Waals surface area contributed by atoms with Gasteiger partial charge in [-0.15, -0.1) is 0 Å². The summed E-state index contributed by atoms with van der Waals surface area (Å²) in [6, 6.07) is 0.629. The zero-order valence-electron chi connectivity index (χ0n) is 29.0. The maximum atomic E-state index is 12.8. The first kappa shape index (κ1) is 37.0. The molecule has 8 heteroatoms. The Hall–Kier alpha value is -1.22. The standard InChI is InChI=1S/C34H64N2O6/c1-22(2)29-18-27(19-30(23(3)4)35(29)41-25(7)8)39-32(37)16-14-13-15-17-33(38)40-28-20-31(24(5)6)36(42-26(9)10)34(11,12)21-28/h22-31H,13-21H2,1-12H3. The van der Waals surface area contributed by atoms with Gasteiger partial charge in [0.2, 0.25) is 0 Å². The van der Waals surface area contributed by atoms with Crippen LogP contribution in [0.4, 0.5) is 0 Å². The van der Waals surface area contributed by atoms with Gasteiger partial charge in [0.1, 0.15) is 12.2 Å². The van der Waals surface area contributed by atoms with Crippen molar-refractivity contribution >= 4 is 11.9 Å². The molecule has 0 N–H and O–H groups in total. The smallest absolute Gasteiger partial charge is 0.306 e. The Morgan fingerprint density at radius 2 is 1.07 bits per heavy atom. The summed E-state index contributed by atoms with van der Waals surface area (Å²) < 4.78 is 11.9. The van der Waals surface area contributed by atoms with E-state index in [-0.39, 0.29) is 60.0 Å². The van der Waals surface area contributed by atoms with E-state index in [9.17, 15) is 9.59 Å². The van der Waals surface area contributed by atoms with Gasteiger partial charge in [0.25, 0.3) is 0 Å². The first-order valence-corrected chi connectivity index (χ1v) is 16.8. The molecule has 0 radical (unpaired) electrons. The molecule has 42 heavy (non-hydrogen) atoms. The van der Waals surface area contributed by atoms with Crippen molar-refractivity contribution in [2.45, 2.75) is 189 Å². The Bertz CT molecular complexity index is 809. The SMILES string of the molecule is CC(C)ON1C(C(C)C)CC(OC(=O)CCCCCC(=O)OC2CC(C(C)C)N(OC(C)C)C(C)(C)C2)CC1C(C)C. The summed E-state index contributed by atoms with van der Waals surface area (Å²) in [5.74, 6) is 0.902. The number of carbonyl (C=O) groups excluding carboxylic acids is 2. The average molecular weight is 597 g/mol. The zero-order chi connectivity index (χ0) is 31.8. The largest absolute Gasteiger partial charge is 0.462 e. The molecule has 2 heterocycles. The van der Waals surface area contributed by atoms with Crippen LogP contribution in [-0.2, 0) is 28.7 Å². The lowest BCUT2D eigenvalue weighted by molar-refractivity contribution is -0.291. The number of rotatable bonds is 15. The second-order valence-electron chi connectivity index (χ2n) is 14.9. The molecule has 2 fully saturated rings. The number of hydrogen-bond donors (Lipinski definition) is 0. The number of esters is 2. The van der Waals surface area contributed by atoms with Crippen LogP contribution in [0.1, 0.15) is 141 Å². The van der Waals surface area contributed by atoms with E-state index < -0.39 is 0 Å². The fourth-order valence-corrected chi connectivity index (χ4v) is 6.55. The van der Waals surface area contributed by atoms with E-state index in [4.69, 9.17) is 19.1 Å². The highest BCUT2D eigenvalue weighted by molar-refractivity contribution is 5.70. The third kappa shape index (κ3) is 11.4. The number of carbonyl (C=O) groups is 2. The summed E-state index contributed by atoms with van der Waals surface area (Å²) in [7, 11) is 0. The Morgan fingerprint density at radius 1 is 0.643 bits per heavy atom. The molecule has 4 unspecified atom stereocenters. The monoisotopic (exact) mass is 596 g/mol. The molecule has 2 aliphatic rings. The first-order valence-electron chi connectivity index (χ1n) is 16.8. The number of unbranched alkanes of at least 4 members (excludes halogenated alkanes) is 2. The zero-order valence-corrected chi connectivity index (χ0v) is 29.0. The quantitative estimate of drug-likeness (QED) is 0.142. The predicted molar refractivity (Wildman–Crippen MR) is 167 cm³/mol. The molecule has 0 aromatic carbocycles. The summed E-state index contributed by atoms with van der Waals surface area (Å²) in [4.78, 5) is 37.9. The van der Waals surface area contributed by atoms with Crippen LogP contribution in [0, 0.1) is 17.8 Å². The van der Waals surface area contributed by atoms with Gasteiger partial charge in [0, 0.05) is 62.2 Å². The van der Waals surface area contributed by atoms with E-state index in [1.165, 1.54) is 0 Å². The van der Waals surface area contributed by atoms with Gasteiger partial charge in [-0.2, -0.15) is 10.1 Å². The fourth-order valence-electron chi connectivity index (χ4n) is 6.55. The lowest BCUT2D eigenvalue weighted by Gasteiger charge is -2.50. The topological polar surface area (TPSA) is 77.5 Å². The minimum absolute atomic E-state index is 0.0874. The second kappa shape index (κ2) is 16.7. The first-order chi connectivity index (χ1) is 19.5. The van der Waals surface area contributed by atoms with Gasteiger partial charge >= 0.3 is 11.9 Å². The van der Waals surface area contributed by atoms with E-state index >= 15 is 0 Å². The Balaban J connectivity index is 1.77. The fraction of sp³-hybridized carbons (Fsp3) is 0.941. The van der Waals surface area contributed by atoms with Crippen molar-refractivity contribution in [2.75, 3.05) is 0 Å². The van der Waals surface area contributed by atoms with Gasteiger partial charge < -0.3 is 9.47 Å². The molecular weight excluding hydrogens is 532 g/mol. The van der Waals surface area contributed by atoms with Gasteiger partial charge in [-0.05, 0) is 72.1 Å². The van der Waals surface area contributed by atoms with Crippen LogP contribution in [0.15, 0.2) is 0 Å². The lowest BCUT2D eigenvalue weighted by atomic mass is 9.82. The number of nitrogens with zero attached hydrogens (tertiary/aromatic N) is 2. The molecule has 246 valence electrons. The van der Waals surface area contributed by atoms with Crippen LogP contribution >= 0.6 is 0 Å². The van der Waals surface area contributed by atoms with Crippen molar-refractivity contribution in [3.8, 4) is 0 Å². The predicted octanol–water partition coefficient (Wildman–Crippen LogP) is 7.48. The van der Waals surface area contributed by atoms with E-state index in [2.05, 4.69) is 93.2 Å². The van der Waals surface area contributed by atoms with Crippen molar-refractivity contribution < 1.29 is 28.7 Å². The number of piperidine rings is 2. The highest BCUT2D eigenvalue weighted by Gasteiger charge is 2.45. The molecule has 0 bridgehead atoms. The number of hydroxylamine groups is 4. The van der Waals surface area contributed by atoms with Crippen molar-refractivity contribution in [3.05, 3.63) is 0 Å². The third-order valence-electron chi connectivity index (χ3n) is 8.62. The van der Waals surface area contributed by atoms with Crippen LogP contribution in [0.25, 0.3) is 0 Å². The van der Waals surface area contributed by atoms with Gasteiger partial charge in [0.05, 0.1) is 12.2 Å². The molecule has 0 saturated carbocycles. The molecule has 0 aromatic heterocycles. The minimum Gasteiger partial charge on any atom is -0.462 e. The minimum atomic E-state index is -0.217. The molecule has 2 saturated heterocycles. The van der Waals surface area contributed by atoms with Crippen molar-refractivity contribution in [1.82, 2.24) is 10.1 Å². The molecule has 2 rings (SSSR count). The molecule has 4 atom stereocenters. The summed E-state index contributed by atoms with van der Waals surface area (Å²) in [6.07, 6.45) is 6.14. The summed E-state index contributed by atoms with van der Waals surface area (Å²) in [5.41, 5.74) is -0.217. The van der Waals surface area contributed by atoms with Crippen molar-refractivity contribution in [3.63, 3.8) is 0 Å². The van der Waals surface area contributed by atoms with Crippen LogP contribution in [-0.4, -0.2) is 70.1 Å². The molecule has 0 aromatic rings. The van der Waals surface area contributed by atoms with Crippen LogP contribution in [0.3, 0.4) is 0 Å². The summed E-state index contributed by atoms with van der Waals surface area (Å²) in [6.45, 7) is 25.8. The molecule has 0 spiro atoms. The van der Waals surface area contributed by atoms with Gasteiger partial charge in [-0.25, -0.2) is 0 Å². The lowest BCUT2D eigenvalue weighted by Crippen LogP contribution is -2.59. The van der Waals surface area contributed by atoms with E-state index in [1.54, 1.807) is 0 Å². The van der Waals surface area contributed by atoms with Gasteiger partial charge in [-0.3, -0.25) is 19.3 Å². The highest BCUT2D eigenvalue weighted by atomic mass is 16.7. The van der Waals surface area contributed by atoms with E-state index in [0.717, 1.165) is 38.5 Å². The average Bonchev–Trinajstić information content (AvgIpc) is 2.84. The Kier molecular flexibility index (Phi) is 14.7. The third-order valence-corrected chi connectivity index (χ3v) is 8.62. The highest BCUT2D eigenvalue weighted by Crippen LogP contribution is 2.37. The normalized spacial score (nSPS) is 27.4. The van der Waals surface area contributed by atoms with Crippen LogP contribution in [0.5, 0.6) is 0 Å². The van der Waals surface area contributed by atoms with Crippen LogP contribution in [0.2, 0.25) is 0 Å². The van der Waals surface area contributed by atoms with E-state index in [1.807, 2.05) is 0 Å². The summed E-state index contributed by atoms with van der Waals surface area (Å²) in [5, 5.41) is 4.33.